The zero-order valence-electron chi connectivity index (χ0n) is 12.8. The summed E-state index contributed by atoms with van der Waals surface area (Å²) in [4.78, 5) is 0. The van der Waals surface area contributed by atoms with Gasteiger partial charge in [0.1, 0.15) is 6.07 Å². The van der Waals surface area contributed by atoms with Crippen molar-refractivity contribution < 1.29 is 18.3 Å². The highest BCUT2D eigenvalue weighted by Gasteiger charge is 2.18. The summed E-state index contributed by atoms with van der Waals surface area (Å²) in [7, 11) is 0. The molecule has 1 saturated heterocycles. The van der Waals surface area contributed by atoms with Crippen LogP contribution in [0.25, 0.3) is 0 Å². The number of nitriles is 1. The summed E-state index contributed by atoms with van der Waals surface area (Å²) in [6.45, 7) is 1.46. The van der Waals surface area contributed by atoms with Gasteiger partial charge in [-0.15, -0.1) is 0 Å². The van der Waals surface area contributed by atoms with Crippen LogP contribution in [0.2, 0.25) is 0 Å². The third-order valence-corrected chi connectivity index (χ3v) is 3.46. The Balaban J connectivity index is 2.05. The largest absolute Gasteiger partial charge is 0.487 e. The van der Waals surface area contributed by atoms with Gasteiger partial charge in [0.15, 0.2) is 23.2 Å². The molecule has 7 nitrogen and oxygen atoms in total. The van der Waals surface area contributed by atoms with E-state index in [1.807, 2.05) is 0 Å². The van der Waals surface area contributed by atoms with Crippen molar-refractivity contribution in [2.45, 2.75) is 12.8 Å². The number of nitrogens with two attached hydrogens (primary N) is 1. The molecule has 0 unspecified atom stereocenters. The first-order valence-electron chi connectivity index (χ1n) is 7.29. The van der Waals surface area contributed by atoms with E-state index in [0.717, 1.165) is 25.0 Å². The van der Waals surface area contributed by atoms with E-state index in [0.29, 0.717) is 13.2 Å². The number of benzene rings is 1. The van der Waals surface area contributed by atoms with Gasteiger partial charge in [0, 0.05) is 25.3 Å². The lowest BCUT2D eigenvalue weighted by Gasteiger charge is -2.22. The molecule has 128 valence electrons. The van der Waals surface area contributed by atoms with E-state index in [9.17, 15) is 8.78 Å². The Bertz CT molecular complexity index is 658. The summed E-state index contributed by atoms with van der Waals surface area (Å²) >= 11 is 0. The van der Waals surface area contributed by atoms with Gasteiger partial charge in [-0.2, -0.15) is 10.4 Å². The first kappa shape index (κ1) is 17.6. The number of nitrogens with one attached hydrogen (secondary N) is 2. The van der Waals surface area contributed by atoms with Crippen molar-refractivity contribution in [3.05, 3.63) is 23.8 Å². The quantitative estimate of drug-likeness (QED) is 0.417. The number of hydrogen-bond acceptors (Lipinski definition) is 6. The van der Waals surface area contributed by atoms with E-state index in [4.69, 9.17) is 25.9 Å². The molecule has 1 aromatic rings. The van der Waals surface area contributed by atoms with Crippen molar-refractivity contribution in [2.24, 2.45) is 16.8 Å². The maximum Gasteiger partial charge on any atom is 0.201 e. The summed E-state index contributed by atoms with van der Waals surface area (Å²) in [5, 5.41) is 19.3. The van der Waals surface area contributed by atoms with Crippen LogP contribution >= 0.6 is 0 Å². The average molecular weight is 337 g/mol. The molecule has 2 rings (SSSR count). The van der Waals surface area contributed by atoms with Crippen LogP contribution in [0.15, 0.2) is 17.2 Å². The Hall–Kier alpha value is -2.73. The van der Waals surface area contributed by atoms with E-state index in [2.05, 4.69) is 10.5 Å². The van der Waals surface area contributed by atoms with E-state index in [-0.39, 0.29) is 18.2 Å². The van der Waals surface area contributed by atoms with Gasteiger partial charge in [0.2, 0.25) is 5.71 Å². The average Bonchev–Trinajstić information content (AvgIpc) is 2.55. The lowest BCUT2D eigenvalue weighted by Crippen LogP contribution is -2.22. The Morgan fingerprint density at radius 1 is 1.42 bits per heavy atom. The van der Waals surface area contributed by atoms with Crippen LogP contribution in [0.1, 0.15) is 12.8 Å². The lowest BCUT2D eigenvalue weighted by molar-refractivity contribution is 0.0485. The molecule has 1 aliphatic heterocycles. The minimum Gasteiger partial charge on any atom is -0.487 e. The Morgan fingerprint density at radius 2 is 2.04 bits per heavy atom. The van der Waals surface area contributed by atoms with Crippen LogP contribution in [-0.4, -0.2) is 31.4 Å². The topological polar surface area (TPSA) is 117 Å². The van der Waals surface area contributed by atoms with Gasteiger partial charge in [-0.1, -0.05) is 0 Å². The molecule has 0 bridgehead atoms. The van der Waals surface area contributed by atoms with Crippen molar-refractivity contribution in [3.63, 3.8) is 0 Å². The van der Waals surface area contributed by atoms with Gasteiger partial charge in [-0.3, -0.25) is 10.8 Å². The van der Waals surface area contributed by atoms with E-state index in [1.165, 1.54) is 0 Å². The van der Waals surface area contributed by atoms with E-state index >= 15 is 0 Å². The van der Waals surface area contributed by atoms with Crippen LogP contribution in [0, 0.1) is 34.3 Å². The minimum absolute atomic E-state index is 0.0302. The van der Waals surface area contributed by atoms with Crippen molar-refractivity contribution >= 4 is 17.2 Å². The number of hydrogen-bond donors (Lipinski definition) is 3. The molecule has 4 N–H and O–H groups in total. The lowest BCUT2D eigenvalue weighted by atomic mass is 10.0. The van der Waals surface area contributed by atoms with Crippen LogP contribution in [0.3, 0.4) is 0 Å². The van der Waals surface area contributed by atoms with Gasteiger partial charge in [0.05, 0.1) is 12.3 Å². The number of nitrogens with zero attached hydrogens (tertiary/aromatic N) is 2. The summed E-state index contributed by atoms with van der Waals surface area (Å²) in [6, 6.07) is 3.56. The second-order valence-corrected chi connectivity index (χ2v) is 5.23. The number of halogens is 2. The first-order chi connectivity index (χ1) is 11.5. The van der Waals surface area contributed by atoms with Crippen LogP contribution in [0.5, 0.6) is 5.75 Å². The molecule has 0 saturated carbocycles. The number of ether oxygens (including phenoxy) is 2. The van der Waals surface area contributed by atoms with Gasteiger partial charge in [-0.05, 0) is 18.8 Å². The Morgan fingerprint density at radius 3 is 2.58 bits per heavy atom. The molecule has 1 aliphatic rings. The smallest absolute Gasteiger partial charge is 0.201 e. The molecule has 0 atom stereocenters. The predicted molar refractivity (Wildman–Crippen MR) is 84.0 cm³/mol. The fraction of sp³-hybridized carbons (Fsp3) is 0.400. The second kappa shape index (κ2) is 8.21. The number of anilines is 1. The fourth-order valence-corrected chi connectivity index (χ4v) is 2.14. The molecule has 1 fully saturated rings. The van der Waals surface area contributed by atoms with Gasteiger partial charge in [-0.25, -0.2) is 8.78 Å². The normalized spacial score (nSPS) is 15.6. The molecular weight excluding hydrogens is 320 g/mol. The molecular formula is C15H17F2N5O2. The standard InChI is InChI=1S/C15H17F2N5O2/c16-11-5-10(21-22-13(7-18)15(19)20)6-12(17)14(11)24-8-9-1-3-23-4-2-9/h5-6,9,21H,1-4,8H2,(H3,19,20)/b22-13+. The number of hydrazone groups is 1. The monoisotopic (exact) mass is 337 g/mol. The van der Waals surface area contributed by atoms with Crippen LogP contribution < -0.4 is 15.9 Å². The molecule has 0 radical (unpaired) electrons. The first-order valence-corrected chi connectivity index (χ1v) is 7.29. The van der Waals surface area contributed by atoms with Crippen molar-refractivity contribution in [3.8, 4) is 11.8 Å². The molecule has 1 heterocycles. The highest BCUT2D eigenvalue weighted by atomic mass is 19.1. The zero-order chi connectivity index (χ0) is 17.5. The third-order valence-electron chi connectivity index (χ3n) is 3.46. The van der Waals surface area contributed by atoms with Crippen LogP contribution in [-0.2, 0) is 4.74 Å². The zero-order valence-corrected chi connectivity index (χ0v) is 12.8. The number of amidine groups is 1. The molecule has 0 aliphatic carbocycles. The van der Waals surface area contributed by atoms with E-state index in [1.54, 1.807) is 6.07 Å². The molecule has 0 amide bonds. The fourth-order valence-electron chi connectivity index (χ4n) is 2.14. The summed E-state index contributed by atoms with van der Waals surface area (Å²) < 4.78 is 38.5. The molecule has 0 aromatic heterocycles. The highest BCUT2D eigenvalue weighted by Crippen LogP contribution is 2.27. The molecule has 24 heavy (non-hydrogen) atoms. The van der Waals surface area contributed by atoms with Gasteiger partial charge < -0.3 is 15.2 Å². The summed E-state index contributed by atoms with van der Waals surface area (Å²) in [6.07, 6.45) is 1.58. The predicted octanol–water partition coefficient (Wildman–Crippen LogP) is 2.00. The van der Waals surface area contributed by atoms with Crippen LogP contribution in [0.4, 0.5) is 14.5 Å². The third kappa shape index (κ3) is 4.63. The van der Waals surface area contributed by atoms with Crippen molar-refractivity contribution in [1.82, 2.24) is 0 Å². The second-order valence-electron chi connectivity index (χ2n) is 5.23. The minimum atomic E-state index is -0.888. The Kier molecular flexibility index (Phi) is 6.03. The Labute approximate surface area is 137 Å². The SMILES string of the molecule is N#C/C(=N\Nc1cc(F)c(OCC2CCOCC2)c(F)c1)C(=N)N. The maximum atomic E-state index is 14.0. The number of rotatable bonds is 6. The molecule has 0 spiro atoms. The van der Waals surface area contributed by atoms with Crippen molar-refractivity contribution in [2.75, 3.05) is 25.2 Å². The highest BCUT2D eigenvalue weighted by molar-refractivity contribution is 6.45. The maximum absolute atomic E-state index is 14.0. The summed E-state index contributed by atoms with van der Waals surface area (Å²) in [5.74, 6) is -2.58. The van der Waals surface area contributed by atoms with Gasteiger partial charge >= 0.3 is 0 Å². The van der Waals surface area contributed by atoms with Gasteiger partial charge in [0.25, 0.3) is 0 Å². The summed E-state index contributed by atoms with van der Waals surface area (Å²) in [5.41, 5.74) is 6.98. The molecule has 1 aromatic carbocycles. The molecule has 9 heteroatoms. The van der Waals surface area contributed by atoms with E-state index < -0.39 is 28.9 Å². The van der Waals surface area contributed by atoms with Crippen molar-refractivity contribution in [1.29, 1.82) is 10.7 Å².